The SMILES string of the molecule is CC(C)(C)OC(=O)N1CC[C@@H]1C(=O)NC1CCN(C2CCC2)CC1. The summed E-state index contributed by atoms with van der Waals surface area (Å²) >= 11 is 0. The average Bonchev–Trinajstić information content (AvgIpc) is 2.35. The van der Waals surface area contributed by atoms with Crippen LogP contribution >= 0.6 is 0 Å². The Kier molecular flexibility index (Phi) is 5.04. The van der Waals surface area contributed by atoms with E-state index in [0.29, 0.717) is 6.54 Å². The molecule has 24 heavy (non-hydrogen) atoms. The van der Waals surface area contributed by atoms with E-state index in [-0.39, 0.29) is 24.1 Å². The fourth-order valence-corrected chi connectivity index (χ4v) is 3.66. The van der Waals surface area contributed by atoms with Crippen molar-refractivity contribution in [1.29, 1.82) is 0 Å². The number of piperidine rings is 1. The second-order valence-corrected chi connectivity index (χ2v) is 8.38. The Balaban J connectivity index is 1.43. The summed E-state index contributed by atoms with van der Waals surface area (Å²) in [6.07, 6.45) is 6.42. The smallest absolute Gasteiger partial charge is 0.410 e. The van der Waals surface area contributed by atoms with E-state index in [0.717, 1.165) is 38.4 Å². The van der Waals surface area contributed by atoms with Crippen LogP contribution in [0.2, 0.25) is 0 Å². The third-order valence-electron chi connectivity index (χ3n) is 5.42. The van der Waals surface area contributed by atoms with Gasteiger partial charge in [0.05, 0.1) is 0 Å². The summed E-state index contributed by atoms with van der Waals surface area (Å²) in [5.74, 6) is -0.0193. The lowest BCUT2D eigenvalue weighted by Gasteiger charge is -2.43. The predicted octanol–water partition coefficient (Wildman–Crippen LogP) is 2.13. The maximum Gasteiger partial charge on any atom is 0.410 e. The Hall–Kier alpha value is -1.30. The van der Waals surface area contributed by atoms with Gasteiger partial charge >= 0.3 is 6.09 Å². The highest BCUT2D eigenvalue weighted by Crippen LogP contribution is 2.27. The maximum absolute atomic E-state index is 12.5. The Bertz CT molecular complexity index is 476. The van der Waals surface area contributed by atoms with Crippen LogP contribution in [0.3, 0.4) is 0 Å². The molecule has 0 aromatic rings. The Morgan fingerprint density at radius 1 is 1.00 bits per heavy atom. The van der Waals surface area contributed by atoms with Gasteiger partial charge in [0.15, 0.2) is 0 Å². The molecule has 0 unspecified atom stereocenters. The Labute approximate surface area is 144 Å². The molecule has 6 heteroatoms. The van der Waals surface area contributed by atoms with Gasteiger partial charge in [0.2, 0.25) is 5.91 Å². The summed E-state index contributed by atoms with van der Waals surface area (Å²) in [6.45, 7) is 8.29. The van der Waals surface area contributed by atoms with Crippen LogP contribution in [0, 0.1) is 0 Å². The lowest BCUT2D eigenvalue weighted by molar-refractivity contribution is -0.131. The van der Waals surface area contributed by atoms with Gasteiger partial charge in [0, 0.05) is 31.7 Å². The van der Waals surface area contributed by atoms with Crippen LogP contribution in [0.5, 0.6) is 0 Å². The largest absolute Gasteiger partial charge is 0.444 e. The molecule has 0 aromatic heterocycles. The molecule has 2 amide bonds. The van der Waals surface area contributed by atoms with Gasteiger partial charge in [-0.25, -0.2) is 4.79 Å². The fourth-order valence-electron chi connectivity index (χ4n) is 3.66. The lowest BCUT2D eigenvalue weighted by atomic mass is 9.89. The first-order valence-electron chi connectivity index (χ1n) is 9.37. The van der Waals surface area contributed by atoms with E-state index in [1.807, 2.05) is 20.8 Å². The minimum Gasteiger partial charge on any atom is -0.444 e. The van der Waals surface area contributed by atoms with Crippen molar-refractivity contribution in [3.05, 3.63) is 0 Å². The molecule has 6 nitrogen and oxygen atoms in total. The van der Waals surface area contributed by atoms with E-state index < -0.39 is 5.60 Å². The molecule has 136 valence electrons. The van der Waals surface area contributed by atoms with Gasteiger partial charge in [-0.3, -0.25) is 9.69 Å². The number of amides is 2. The first-order valence-corrected chi connectivity index (χ1v) is 9.37. The van der Waals surface area contributed by atoms with Crippen LogP contribution in [-0.2, 0) is 9.53 Å². The van der Waals surface area contributed by atoms with Gasteiger partial charge in [-0.1, -0.05) is 6.42 Å². The fraction of sp³-hybridized carbons (Fsp3) is 0.889. The number of carbonyl (C=O) groups excluding carboxylic acids is 2. The number of nitrogens with one attached hydrogen (secondary N) is 1. The minimum absolute atomic E-state index is 0.0193. The third kappa shape index (κ3) is 4.02. The predicted molar refractivity (Wildman–Crippen MR) is 91.7 cm³/mol. The van der Waals surface area contributed by atoms with E-state index in [1.165, 1.54) is 19.3 Å². The quantitative estimate of drug-likeness (QED) is 0.857. The molecule has 1 atom stereocenters. The summed E-state index contributed by atoms with van der Waals surface area (Å²) in [5, 5.41) is 3.15. The summed E-state index contributed by atoms with van der Waals surface area (Å²) in [5.41, 5.74) is -0.526. The van der Waals surface area contributed by atoms with Crippen LogP contribution in [0.1, 0.15) is 59.3 Å². The first kappa shape index (κ1) is 17.5. The topological polar surface area (TPSA) is 61.9 Å². The molecule has 0 aromatic carbocycles. The number of nitrogens with zero attached hydrogens (tertiary/aromatic N) is 2. The summed E-state index contributed by atoms with van der Waals surface area (Å²) in [6, 6.07) is 0.676. The summed E-state index contributed by atoms with van der Waals surface area (Å²) in [7, 11) is 0. The van der Waals surface area contributed by atoms with Gasteiger partial charge in [0.1, 0.15) is 11.6 Å². The van der Waals surface area contributed by atoms with Crippen molar-refractivity contribution in [1.82, 2.24) is 15.1 Å². The monoisotopic (exact) mass is 337 g/mol. The number of hydrogen-bond acceptors (Lipinski definition) is 4. The van der Waals surface area contributed by atoms with Crippen LogP contribution in [0.15, 0.2) is 0 Å². The van der Waals surface area contributed by atoms with Crippen molar-refractivity contribution >= 4 is 12.0 Å². The number of rotatable bonds is 3. The van der Waals surface area contributed by atoms with Crippen molar-refractivity contribution in [2.75, 3.05) is 19.6 Å². The Morgan fingerprint density at radius 3 is 2.12 bits per heavy atom. The number of likely N-dealkylation sites (tertiary alicyclic amines) is 2. The normalized spacial score (nSPS) is 26.5. The molecule has 3 fully saturated rings. The molecule has 3 aliphatic rings. The zero-order chi connectivity index (χ0) is 17.3. The van der Waals surface area contributed by atoms with Crippen molar-refractivity contribution in [3.63, 3.8) is 0 Å². The van der Waals surface area contributed by atoms with E-state index >= 15 is 0 Å². The number of hydrogen-bond donors (Lipinski definition) is 1. The molecule has 0 radical (unpaired) electrons. The molecule has 1 N–H and O–H groups in total. The first-order chi connectivity index (χ1) is 11.3. The van der Waals surface area contributed by atoms with Gasteiger partial charge in [-0.05, 0) is 52.9 Å². The molecule has 1 aliphatic carbocycles. The van der Waals surface area contributed by atoms with E-state index in [4.69, 9.17) is 4.74 Å². The Morgan fingerprint density at radius 2 is 1.67 bits per heavy atom. The van der Waals surface area contributed by atoms with Crippen LogP contribution in [-0.4, -0.2) is 65.2 Å². The number of carbonyl (C=O) groups is 2. The van der Waals surface area contributed by atoms with Crippen molar-refractivity contribution < 1.29 is 14.3 Å². The maximum atomic E-state index is 12.5. The lowest BCUT2D eigenvalue weighted by Crippen LogP contribution is -2.61. The molecule has 0 spiro atoms. The summed E-state index contributed by atoms with van der Waals surface area (Å²) in [4.78, 5) is 28.7. The molecule has 3 rings (SSSR count). The zero-order valence-electron chi connectivity index (χ0n) is 15.2. The molecule has 2 saturated heterocycles. The number of ether oxygens (including phenoxy) is 1. The van der Waals surface area contributed by atoms with E-state index in [9.17, 15) is 9.59 Å². The second-order valence-electron chi connectivity index (χ2n) is 8.38. The van der Waals surface area contributed by atoms with Gasteiger partial charge < -0.3 is 15.0 Å². The molecular weight excluding hydrogens is 306 g/mol. The molecule has 0 bridgehead atoms. The van der Waals surface area contributed by atoms with Gasteiger partial charge in [0.25, 0.3) is 0 Å². The molecule has 2 aliphatic heterocycles. The third-order valence-corrected chi connectivity index (χ3v) is 5.42. The molecule has 1 saturated carbocycles. The van der Waals surface area contributed by atoms with Gasteiger partial charge in [-0.2, -0.15) is 0 Å². The van der Waals surface area contributed by atoms with E-state index in [1.54, 1.807) is 4.90 Å². The van der Waals surface area contributed by atoms with Crippen LogP contribution in [0.4, 0.5) is 4.79 Å². The van der Waals surface area contributed by atoms with Crippen LogP contribution in [0.25, 0.3) is 0 Å². The van der Waals surface area contributed by atoms with Crippen LogP contribution < -0.4 is 5.32 Å². The highest BCUT2D eigenvalue weighted by atomic mass is 16.6. The van der Waals surface area contributed by atoms with Crippen molar-refractivity contribution in [2.24, 2.45) is 0 Å². The second kappa shape index (κ2) is 6.90. The molecule has 2 heterocycles. The minimum atomic E-state index is -0.526. The van der Waals surface area contributed by atoms with E-state index in [2.05, 4.69) is 10.2 Å². The zero-order valence-corrected chi connectivity index (χ0v) is 15.2. The van der Waals surface area contributed by atoms with Crippen molar-refractivity contribution in [3.8, 4) is 0 Å². The summed E-state index contributed by atoms with van der Waals surface area (Å²) < 4.78 is 5.37. The highest BCUT2D eigenvalue weighted by molar-refractivity contribution is 5.87. The highest BCUT2D eigenvalue weighted by Gasteiger charge is 2.40. The molecular formula is C18H31N3O3. The van der Waals surface area contributed by atoms with Gasteiger partial charge in [-0.15, -0.1) is 0 Å². The van der Waals surface area contributed by atoms with Crippen molar-refractivity contribution in [2.45, 2.75) is 83.0 Å². The standard InChI is InChI=1S/C18H31N3O3/c1-18(2,3)24-17(23)21-12-9-15(21)16(22)19-13-7-10-20(11-8-13)14-5-4-6-14/h13-15H,4-12H2,1-3H3,(H,19,22)/t15-/m1/s1. The average molecular weight is 337 g/mol.